The summed E-state index contributed by atoms with van der Waals surface area (Å²) in [4.78, 5) is 13.7. The smallest absolute Gasteiger partial charge is 0.224 e. The Morgan fingerprint density at radius 3 is 2.56 bits per heavy atom. The van der Waals surface area contributed by atoms with Crippen molar-refractivity contribution >= 4 is 5.91 Å². The van der Waals surface area contributed by atoms with Crippen LogP contribution in [0.2, 0.25) is 0 Å². The van der Waals surface area contributed by atoms with Crippen LogP contribution in [0, 0.1) is 5.41 Å². The number of rotatable bonds is 3. The molecular weight excluding hydrogens is 228 g/mol. The third-order valence-corrected chi connectivity index (χ3v) is 4.02. The van der Waals surface area contributed by atoms with E-state index >= 15 is 0 Å². The van der Waals surface area contributed by atoms with Crippen LogP contribution in [-0.4, -0.2) is 29.0 Å². The van der Waals surface area contributed by atoms with Crippen LogP contribution in [-0.2, 0) is 4.79 Å². The summed E-state index contributed by atoms with van der Waals surface area (Å²) in [5.74, 6) is 0.0530. The van der Waals surface area contributed by atoms with Crippen LogP contribution in [0.1, 0.15) is 31.9 Å². The van der Waals surface area contributed by atoms with Gasteiger partial charge >= 0.3 is 0 Å². The molecule has 2 rings (SSSR count). The third kappa shape index (κ3) is 2.34. The van der Waals surface area contributed by atoms with E-state index in [2.05, 4.69) is 11.8 Å². The van der Waals surface area contributed by atoms with Gasteiger partial charge in [-0.25, -0.2) is 0 Å². The van der Waals surface area contributed by atoms with E-state index < -0.39 is 5.41 Å². The number of phenols is 1. The van der Waals surface area contributed by atoms with Crippen molar-refractivity contribution in [2.24, 2.45) is 11.1 Å². The largest absolute Gasteiger partial charge is 0.508 e. The Hall–Kier alpha value is -1.55. The molecule has 1 aliphatic heterocycles. The second-order valence-electron chi connectivity index (χ2n) is 5.41. The van der Waals surface area contributed by atoms with Gasteiger partial charge in [0.1, 0.15) is 5.75 Å². The standard InChI is InChI=1S/C14H20N2O2/c1-10(11-3-5-12(17)6-4-11)16-8-7-14(2,9-16)13(15)18/h3-6,10,17H,7-9H2,1-2H3,(H2,15,18). The second kappa shape index (κ2) is 4.61. The Kier molecular flexibility index (Phi) is 3.30. The number of aromatic hydroxyl groups is 1. The first-order valence-electron chi connectivity index (χ1n) is 6.25. The molecule has 1 heterocycles. The van der Waals surface area contributed by atoms with Gasteiger partial charge in [-0.15, -0.1) is 0 Å². The minimum absolute atomic E-state index is 0.220. The Bertz CT molecular complexity index is 444. The SMILES string of the molecule is CC(c1ccc(O)cc1)N1CCC(C)(C(N)=O)C1. The van der Waals surface area contributed by atoms with Gasteiger partial charge in [-0.05, 0) is 44.5 Å². The van der Waals surface area contributed by atoms with Gasteiger partial charge in [-0.2, -0.15) is 0 Å². The minimum atomic E-state index is -0.412. The average Bonchev–Trinajstić information content (AvgIpc) is 2.73. The van der Waals surface area contributed by atoms with Crippen molar-refractivity contribution in [3.63, 3.8) is 0 Å². The van der Waals surface area contributed by atoms with E-state index in [1.165, 1.54) is 0 Å². The molecule has 1 saturated heterocycles. The Labute approximate surface area is 107 Å². The van der Waals surface area contributed by atoms with E-state index in [1.54, 1.807) is 12.1 Å². The molecule has 2 unspecified atom stereocenters. The molecular formula is C14H20N2O2. The first-order chi connectivity index (χ1) is 8.42. The van der Waals surface area contributed by atoms with Gasteiger partial charge in [0.15, 0.2) is 0 Å². The van der Waals surface area contributed by atoms with Crippen LogP contribution in [0.3, 0.4) is 0 Å². The van der Waals surface area contributed by atoms with Gasteiger partial charge in [0.25, 0.3) is 0 Å². The number of hydrogen-bond acceptors (Lipinski definition) is 3. The monoisotopic (exact) mass is 248 g/mol. The summed E-state index contributed by atoms with van der Waals surface area (Å²) in [6.45, 7) is 5.61. The van der Waals surface area contributed by atoms with E-state index in [-0.39, 0.29) is 17.7 Å². The Morgan fingerprint density at radius 2 is 2.06 bits per heavy atom. The number of hydrogen-bond donors (Lipinski definition) is 2. The highest BCUT2D eigenvalue weighted by Crippen LogP contribution is 2.35. The molecule has 1 aliphatic rings. The number of nitrogens with zero attached hydrogens (tertiary/aromatic N) is 1. The lowest BCUT2D eigenvalue weighted by atomic mass is 9.89. The van der Waals surface area contributed by atoms with Crippen molar-refractivity contribution in [2.75, 3.05) is 13.1 Å². The van der Waals surface area contributed by atoms with Crippen LogP contribution in [0.5, 0.6) is 5.75 Å². The number of primary amides is 1. The highest BCUT2D eigenvalue weighted by Gasteiger charge is 2.40. The normalized spacial score (nSPS) is 26.1. The highest BCUT2D eigenvalue weighted by molar-refractivity contribution is 5.81. The topological polar surface area (TPSA) is 66.6 Å². The molecule has 0 bridgehead atoms. The first kappa shape index (κ1) is 12.9. The average molecular weight is 248 g/mol. The minimum Gasteiger partial charge on any atom is -0.508 e. The van der Waals surface area contributed by atoms with Crippen LogP contribution in [0.4, 0.5) is 0 Å². The maximum atomic E-state index is 11.4. The quantitative estimate of drug-likeness (QED) is 0.854. The van der Waals surface area contributed by atoms with E-state index in [0.29, 0.717) is 6.54 Å². The Morgan fingerprint density at radius 1 is 1.44 bits per heavy atom. The highest BCUT2D eigenvalue weighted by atomic mass is 16.3. The van der Waals surface area contributed by atoms with Gasteiger partial charge in [0, 0.05) is 12.6 Å². The zero-order valence-electron chi connectivity index (χ0n) is 10.9. The predicted molar refractivity (Wildman–Crippen MR) is 70.0 cm³/mol. The summed E-state index contributed by atoms with van der Waals surface area (Å²) in [6, 6.07) is 7.44. The lowest BCUT2D eigenvalue weighted by molar-refractivity contribution is -0.126. The van der Waals surface area contributed by atoms with E-state index in [1.807, 2.05) is 19.1 Å². The molecule has 0 saturated carbocycles. The molecule has 1 amide bonds. The summed E-state index contributed by atoms with van der Waals surface area (Å²) >= 11 is 0. The van der Waals surface area contributed by atoms with Crippen molar-refractivity contribution < 1.29 is 9.90 Å². The lowest BCUT2D eigenvalue weighted by Crippen LogP contribution is -2.37. The van der Waals surface area contributed by atoms with Gasteiger partial charge < -0.3 is 10.8 Å². The number of likely N-dealkylation sites (tertiary alicyclic amines) is 1. The van der Waals surface area contributed by atoms with Crippen LogP contribution in [0.25, 0.3) is 0 Å². The number of benzene rings is 1. The van der Waals surface area contributed by atoms with Gasteiger partial charge in [0.05, 0.1) is 5.41 Å². The molecule has 18 heavy (non-hydrogen) atoms. The molecule has 1 aromatic carbocycles. The van der Waals surface area contributed by atoms with Crippen molar-refractivity contribution in [3.8, 4) is 5.75 Å². The number of phenolic OH excluding ortho intramolecular Hbond substituents is 1. The fourth-order valence-electron chi connectivity index (χ4n) is 2.49. The fraction of sp³-hybridized carbons (Fsp3) is 0.500. The third-order valence-electron chi connectivity index (χ3n) is 4.02. The van der Waals surface area contributed by atoms with Crippen molar-refractivity contribution in [2.45, 2.75) is 26.3 Å². The maximum Gasteiger partial charge on any atom is 0.224 e. The maximum absolute atomic E-state index is 11.4. The molecule has 1 fully saturated rings. The van der Waals surface area contributed by atoms with Crippen LogP contribution < -0.4 is 5.73 Å². The van der Waals surface area contributed by atoms with Crippen LogP contribution in [0.15, 0.2) is 24.3 Å². The fourth-order valence-corrected chi connectivity index (χ4v) is 2.49. The number of amides is 1. The van der Waals surface area contributed by atoms with Crippen molar-refractivity contribution in [1.29, 1.82) is 0 Å². The number of carbonyl (C=O) groups is 1. The van der Waals surface area contributed by atoms with Gasteiger partial charge in [-0.1, -0.05) is 12.1 Å². The lowest BCUT2D eigenvalue weighted by Gasteiger charge is -2.26. The first-order valence-corrected chi connectivity index (χ1v) is 6.25. The summed E-state index contributed by atoms with van der Waals surface area (Å²) in [6.07, 6.45) is 0.810. The van der Waals surface area contributed by atoms with Crippen molar-refractivity contribution in [3.05, 3.63) is 29.8 Å². The molecule has 4 nitrogen and oxygen atoms in total. The zero-order chi connectivity index (χ0) is 13.3. The van der Waals surface area contributed by atoms with Crippen LogP contribution >= 0.6 is 0 Å². The molecule has 4 heteroatoms. The van der Waals surface area contributed by atoms with E-state index in [9.17, 15) is 9.90 Å². The summed E-state index contributed by atoms with van der Waals surface area (Å²) in [5.41, 5.74) is 6.18. The Balaban J connectivity index is 2.10. The number of carbonyl (C=O) groups excluding carboxylic acids is 1. The summed E-state index contributed by atoms with van der Waals surface area (Å²) in [7, 11) is 0. The second-order valence-corrected chi connectivity index (χ2v) is 5.41. The molecule has 2 atom stereocenters. The molecule has 0 radical (unpaired) electrons. The van der Waals surface area contributed by atoms with Gasteiger partial charge in [-0.3, -0.25) is 9.69 Å². The molecule has 3 N–H and O–H groups in total. The zero-order valence-corrected chi connectivity index (χ0v) is 10.9. The molecule has 0 aromatic heterocycles. The van der Waals surface area contributed by atoms with E-state index in [0.717, 1.165) is 18.5 Å². The van der Waals surface area contributed by atoms with E-state index in [4.69, 9.17) is 5.73 Å². The molecule has 1 aromatic rings. The predicted octanol–water partition coefficient (Wildman–Crippen LogP) is 1.65. The molecule has 98 valence electrons. The summed E-state index contributed by atoms with van der Waals surface area (Å²) in [5, 5.41) is 9.28. The molecule has 0 aliphatic carbocycles. The van der Waals surface area contributed by atoms with Crippen molar-refractivity contribution in [1.82, 2.24) is 4.90 Å². The number of nitrogens with two attached hydrogens (primary N) is 1. The summed E-state index contributed by atoms with van der Waals surface area (Å²) < 4.78 is 0. The van der Waals surface area contributed by atoms with Gasteiger partial charge in [0.2, 0.25) is 5.91 Å². The molecule has 0 spiro atoms.